The van der Waals surface area contributed by atoms with Crippen LogP contribution in [0.25, 0.3) is 11.1 Å². The lowest BCUT2D eigenvalue weighted by Crippen LogP contribution is -2.96. The van der Waals surface area contributed by atoms with Crippen molar-refractivity contribution in [3.63, 3.8) is 0 Å². The Bertz CT molecular complexity index is 731. The molecule has 0 spiro atoms. The van der Waals surface area contributed by atoms with Gasteiger partial charge in [0.05, 0.1) is 12.7 Å². The van der Waals surface area contributed by atoms with Crippen LogP contribution in [0.15, 0.2) is 42.5 Å². The molecule has 0 aromatic heterocycles. The average molecular weight is 317 g/mol. The number of carbonyl (C=O) groups is 1. The SMILES string of the molecule is COC(=O)c1cc(C(N)=S)ccc1-c1ccccc1[NH+]([O-])[O-]. The van der Waals surface area contributed by atoms with Crippen molar-refractivity contribution < 1.29 is 14.8 Å². The lowest BCUT2D eigenvalue weighted by Gasteiger charge is -2.27. The number of benzene rings is 2. The van der Waals surface area contributed by atoms with Gasteiger partial charge in [-0.2, -0.15) is 0 Å². The molecule has 0 aliphatic rings. The number of quaternary nitrogens is 1. The topological polar surface area (TPSA) is 103 Å². The molecule has 0 atom stereocenters. The molecule has 0 saturated carbocycles. The van der Waals surface area contributed by atoms with Gasteiger partial charge < -0.3 is 26.1 Å². The number of thiocarbonyl (C=S) groups is 1. The minimum absolute atomic E-state index is 0.0178. The number of carbonyl (C=O) groups excluding carboxylic acids is 1. The quantitative estimate of drug-likeness (QED) is 0.500. The lowest BCUT2D eigenvalue weighted by molar-refractivity contribution is -0.714. The van der Waals surface area contributed by atoms with Gasteiger partial charge in [-0.15, -0.1) is 0 Å². The molecule has 7 heteroatoms. The molecule has 0 heterocycles. The Morgan fingerprint density at radius 1 is 1.18 bits per heavy atom. The Kier molecular flexibility index (Phi) is 4.84. The summed E-state index contributed by atoms with van der Waals surface area (Å²) in [6.07, 6.45) is 0. The maximum absolute atomic E-state index is 12.0. The van der Waals surface area contributed by atoms with Crippen molar-refractivity contribution in [3.05, 3.63) is 64.0 Å². The van der Waals surface area contributed by atoms with E-state index in [1.807, 2.05) is 0 Å². The Balaban J connectivity index is 2.70. The summed E-state index contributed by atoms with van der Waals surface area (Å²) in [6, 6.07) is 10.9. The fraction of sp³-hybridized carbons (Fsp3) is 0.0667. The Morgan fingerprint density at radius 2 is 1.86 bits per heavy atom. The van der Waals surface area contributed by atoms with Crippen LogP contribution in [0.5, 0.6) is 0 Å². The summed E-state index contributed by atoms with van der Waals surface area (Å²) in [7, 11) is 1.24. The van der Waals surface area contributed by atoms with E-state index >= 15 is 0 Å². The molecule has 0 saturated heterocycles. The van der Waals surface area contributed by atoms with Gasteiger partial charge in [0.25, 0.3) is 0 Å². The van der Waals surface area contributed by atoms with E-state index < -0.39 is 11.2 Å². The molecular formula is C15H13N2O4S-. The Morgan fingerprint density at radius 3 is 2.45 bits per heavy atom. The van der Waals surface area contributed by atoms with Crippen LogP contribution in [0.4, 0.5) is 5.69 Å². The highest BCUT2D eigenvalue weighted by Gasteiger charge is 2.18. The highest BCUT2D eigenvalue weighted by atomic mass is 32.1. The second-order valence-electron chi connectivity index (χ2n) is 4.45. The van der Waals surface area contributed by atoms with Crippen LogP contribution in [-0.4, -0.2) is 18.1 Å². The van der Waals surface area contributed by atoms with E-state index in [0.29, 0.717) is 16.7 Å². The molecule has 0 fully saturated rings. The van der Waals surface area contributed by atoms with Crippen LogP contribution in [0.3, 0.4) is 0 Å². The van der Waals surface area contributed by atoms with Gasteiger partial charge in [-0.25, -0.2) is 4.79 Å². The molecule has 0 unspecified atom stereocenters. The summed E-state index contributed by atoms with van der Waals surface area (Å²) in [5.74, 6) is -0.610. The predicted octanol–water partition coefficient (Wildman–Crippen LogP) is 1.29. The summed E-state index contributed by atoms with van der Waals surface area (Å²) in [4.78, 5) is 12.1. The van der Waals surface area contributed by atoms with Crippen molar-refractivity contribution in [2.24, 2.45) is 5.73 Å². The van der Waals surface area contributed by atoms with Crippen LogP contribution in [0.2, 0.25) is 0 Å². The van der Waals surface area contributed by atoms with Gasteiger partial charge in [-0.05, 0) is 12.1 Å². The van der Waals surface area contributed by atoms with Gasteiger partial charge in [0.1, 0.15) is 10.7 Å². The molecule has 0 aliphatic heterocycles. The predicted molar refractivity (Wildman–Crippen MR) is 86.5 cm³/mol. The maximum atomic E-state index is 12.0. The standard InChI is InChI=1S/C15H13N2O4S/c1-21-15(18)12-8-9(14(16)22)6-7-10(12)11-4-2-3-5-13(11)17(19)20/h2-8,17H,1H3,(H2,16,22)/q-1. The second-order valence-corrected chi connectivity index (χ2v) is 4.89. The molecule has 2 aromatic carbocycles. The summed E-state index contributed by atoms with van der Waals surface area (Å²) >= 11 is 4.89. The van der Waals surface area contributed by atoms with E-state index in [9.17, 15) is 15.2 Å². The molecule has 6 nitrogen and oxygen atoms in total. The molecule has 0 amide bonds. The molecule has 2 rings (SSSR count). The first-order chi connectivity index (χ1) is 10.5. The highest BCUT2D eigenvalue weighted by Crippen LogP contribution is 2.30. The molecular weight excluding hydrogens is 304 g/mol. The first kappa shape index (κ1) is 16.1. The van der Waals surface area contributed by atoms with Gasteiger partial charge in [0, 0.05) is 22.8 Å². The zero-order chi connectivity index (χ0) is 16.3. The number of esters is 1. The molecule has 0 radical (unpaired) electrons. The Labute approximate surface area is 132 Å². The van der Waals surface area contributed by atoms with Crippen molar-refractivity contribution in [1.82, 2.24) is 0 Å². The van der Waals surface area contributed by atoms with Gasteiger partial charge in [-0.3, -0.25) is 0 Å². The summed E-state index contributed by atoms with van der Waals surface area (Å²) in [5, 5.41) is 21.2. The van der Waals surface area contributed by atoms with Gasteiger partial charge in [0.2, 0.25) is 0 Å². The summed E-state index contributed by atoms with van der Waals surface area (Å²) in [5.41, 5.74) is 6.99. The molecule has 3 N–H and O–H groups in total. The van der Waals surface area contributed by atoms with E-state index in [1.54, 1.807) is 30.3 Å². The Hall–Kier alpha value is -2.32. The van der Waals surface area contributed by atoms with E-state index in [1.165, 1.54) is 19.2 Å². The van der Waals surface area contributed by atoms with Crippen LogP contribution in [0, 0.1) is 10.4 Å². The fourth-order valence-corrected chi connectivity index (χ4v) is 2.23. The van der Waals surface area contributed by atoms with E-state index in [-0.39, 0.29) is 16.2 Å². The van der Waals surface area contributed by atoms with Crippen LogP contribution in [0.1, 0.15) is 15.9 Å². The number of hydrogen-bond donors (Lipinski definition) is 2. The van der Waals surface area contributed by atoms with Crippen LogP contribution < -0.4 is 11.0 Å². The third-order valence-electron chi connectivity index (χ3n) is 3.15. The molecule has 114 valence electrons. The molecule has 0 aliphatic carbocycles. The minimum atomic E-state index is -1.33. The van der Waals surface area contributed by atoms with Gasteiger partial charge in [0.15, 0.2) is 0 Å². The normalized spacial score (nSPS) is 10.5. The molecule has 0 bridgehead atoms. The van der Waals surface area contributed by atoms with Crippen molar-refractivity contribution >= 4 is 28.9 Å². The number of nitrogens with one attached hydrogen (secondary N) is 1. The van der Waals surface area contributed by atoms with Gasteiger partial charge >= 0.3 is 5.97 Å². The third kappa shape index (κ3) is 3.12. The molecule has 22 heavy (non-hydrogen) atoms. The highest BCUT2D eigenvalue weighted by molar-refractivity contribution is 7.80. The number of hydrogen-bond acceptors (Lipinski definition) is 5. The largest absolute Gasteiger partial charge is 0.628 e. The molecule has 2 aromatic rings. The van der Waals surface area contributed by atoms with Crippen molar-refractivity contribution in [2.45, 2.75) is 0 Å². The van der Waals surface area contributed by atoms with E-state index in [0.717, 1.165) is 0 Å². The lowest BCUT2D eigenvalue weighted by atomic mass is 9.96. The zero-order valence-corrected chi connectivity index (χ0v) is 12.5. The minimum Gasteiger partial charge on any atom is -0.628 e. The number of ether oxygens (including phenoxy) is 1. The third-order valence-corrected chi connectivity index (χ3v) is 3.38. The first-order valence-electron chi connectivity index (χ1n) is 6.28. The number of nitrogens with two attached hydrogens (primary N) is 1. The summed E-state index contributed by atoms with van der Waals surface area (Å²) < 4.78 is 4.75. The van der Waals surface area contributed by atoms with Crippen molar-refractivity contribution in [2.75, 3.05) is 7.11 Å². The van der Waals surface area contributed by atoms with Gasteiger partial charge in [-0.1, -0.05) is 36.5 Å². The van der Waals surface area contributed by atoms with E-state index in [2.05, 4.69) is 0 Å². The number of rotatable bonds is 4. The monoisotopic (exact) mass is 317 g/mol. The van der Waals surface area contributed by atoms with E-state index in [4.69, 9.17) is 22.7 Å². The fourth-order valence-electron chi connectivity index (χ4n) is 2.11. The number of methoxy groups -OCH3 is 1. The second kappa shape index (κ2) is 6.63. The maximum Gasteiger partial charge on any atom is 0.338 e. The van der Waals surface area contributed by atoms with Crippen molar-refractivity contribution in [3.8, 4) is 11.1 Å². The average Bonchev–Trinajstić information content (AvgIpc) is 2.53. The zero-order valence-electron chi connectivity index (χ0n) is 11.7. The van der Waals surface area contributed by atoms with Crippen LogP contribution in [-0.2, 0) is 4.74 Å². The summed E-state index contributed by atoms with van der Waals surface area (Å²) in [6.45, 7) is 0. The first-order valence-corrected chi connectivity index (χ1v) is 6.69. The smallest absolute Gasteiger partial charge is 0.338 e. The van der Waals surface area contributed by atoms with Crippen molar-refractivity contribution in [1.29, 1.82) is 0 Å². The van der Waals surface area contributed by atoms with Crippen LogP contribution >= 0.6 is 12.2 Å².